The molecule has 0 saturated heterocycles. The number of nitrogens with two attached hydrogens (primary N) is 1. The van der Waals surface area contributed by atoms with Crippen LogP contribution in [0.4, 0.5) is 0 Å². The van der Waals surface area contributed by atoms with Crippen LogP contribution >= 0.6 is 0 Å². The first kappa shape index (κ1) is 15.1. The summed E-state index contributed by atoms with van der Waals surface area (Å²) in [4.78, 5) is 6.86. The van der Waals surface area contributed by atoms with Crippen molar-refractivity contribution in [2.24, 2.45) is 11.1 Å². The predicted molar refractivity (Wildman–Crippen MR) is 77.4 cm³/mol. The molecule has 0 aliphatic heterocycles. The van der Waals surface area contributed by atoms with Crippen LogP contribution in [0.15, 0.2) is 18.2 Å². The van der Waals surface area contributed by atoms with Gasteiger partial charge in [-0.1, -0.05) is 26.8 Å². The normalized spacial score (nSPS) is 13.9. The van der Waals surface area contributed by atoms with Gasteiger partial charge >= 0.3 is 0 Å². The molecule has 3 heteroatoms. The van der Waals surface area contributed by atoms with Gasteiger partial charge in [-0.25, -0.2) is 0 Å². The first-order chi connectivity index (χ1) is 8.31. The number of rotatable bonds is 5. The van der Waals surface area contributed by atoms with E-state index in [1.807, 2.05) is 13.0 Å². The molecule has 0 aliphatic carbocycles. The Morgan fingerprint density at radius 2 is 2.00 bits per heavy atom. The van der Waals surface area contributed by atoms with Gasteiger partial charge in [-0.3, -0.25) is 9.88 Å². The molecule has 0 fully saturated rings. The maximum absolute atomic E-state index is 5.90. The van der Waals surface area contributed by atoms with Crippen LogP contribution in [-0.4, -0.2) is 29.5 Å². The number of hydrogen-bond donors (Lipinski definition) is 1. The Hall–Kier alpha value is -0.930. The molecule has 18 heavy (non-hydrogen) atoms. The Labute approximate surface area is 111 Å². The molecule has 1 aromatic rings. The van der Waals surface area contributed by atoms with Gasteiger partial charge in [0.25, 0.3) is 0 Å². The fourth-order valence-corrected chi connectivity index (χ4v) is 2.20. The lowest BCUT2D eigenvalue weighted by Gasteiger charge is -2.32. The van der Waals surface area contributed by atoms with Gasteiger partial charge in [-0.15, -0.1) is 0 Å². The second kappa shape index (κ2) is 6.30. The van der Waals surface area contributed by atoms with Crippen LogP contribution in [0.5, 0.6) is 0 Å². The number of aromatic nitrogens is 1. The van der Waals surface area contributed by atoms with Crippen LogP contribution in [0, 0.1) is 12.3 Å². The zero-order valence-corrected chi connectivity index (χ0v) is 12.4. The lowest BCUT2D eigenvalue weighted by Crippen LogP contribution is -2.40. The van der Waals surface area contributed by atoms with Crippen molar-refractivity contribution < 1.29 is 0 Å². The highest BCUT2D eigenvalue weighted by Gasteiger charge is 2.21. The van der Waals surface area contributed by atoms with Gasteiger partial charge in [0.15, 0.2) is 0 Å². The summed E-state index contributed by atoms with van der Waals surface area (Å²) in [6.07, 6.45) is 1.10. The summed E-state index contributed by atoms with van der Waals surface area (Å²) in [5.74, 6) is 0. The highest BCUT2D eigenvalue weighted by molar-refractivity contribution is 5.09. The van der Waals surface area contributed by atoms with Crippen molar-refractivity contribution in [2.45, 2.75) is 46.7 Å². The van der Waals surface area contributed by atoms with E-state index in [1.54, 1.807) is 0 Å². The maximum Gasteiger partial charge on any atom is 0.0547 e. The van der Waals surface area contributed by atoms with E-state index >= 15 is 0 Å². The number of likely N-dealkylation sites (N-methyl/N-ethyl adjacent to an activating group) is 1. The standard InChI is InChI=1S/C15H27N3/c1-12-7-6-8-13(17-12)11-18(5)14(10-16)9-15(2,3)4/h6-8,14H,9-11,16H2,1-5H3. The van der Waals surface area contributed by atoms with Crippen LogP contribution in [0.2, 0.25) is 0 Å². The van der Waals surface area contributed by atoms with Crippen molar-refractivity contribution in [3.05, 3.63) is 29.6 Å². The molecule has 1 atom stereocenters. The summed E-state index contributed by atoms with van der Waals surface area (Å²) in [6.45, 7) is 10.4. The molecule has 0 saturated carbocycles. The Morgan fingerprint density at radius 3 is 2.50 bits per heavy atom. The largest absolute Gasteiger partial charge is 0.329 e. The molecule has 2 N–H and O–H groups in total. The molecular formula is C15H27N3. The molecule has 3 nitrogen and oxygen atoms in total. The van der Waals surface area contributed by atoms with Crippen LogP contribution in [-0.2, 0) is 6.54 Å². The van der Waals surface area contributed by atoms with Crippen molar-refractivity contribution in [3.63, 3.8) is 0 Å². The van der Waals surface area contributed by atoms with Crippen molar-refractivity contribution >= 4 is 0 Å². The molecule has 1 unspecified atom stereocenters. The van der Waals surface area contributed by atoms with Gasteiger partial charge < -0.3 is 5.73 Å². The van der Waals surface area contributed by atoms with Crippen molar-refractivity contribution in [3.8, 4) is 0 Å². The number of aryl methyl sites for hydroxylation is 1. The van der Waals surface area contributed by atoms with Gasteiger partial charge in [0.2, 0.25) is 0 Å². The topological polar surface area (TPSA) is 42.1 Å². The first-order valence-electron chi connectivity index (χ1n) is 6.64. The van der Waals surface area contributed by atoms with Crippen molar-refractivity contribution in [1.29, 1.82) is 0 Å². The van der Waals surface area contributed by atoms with E-state index in [2.05, 4.69) is 49.8 Å². The molecule has 1 aromatic heterocycles. The van der Waals surface area contributed by atoms with E-state index in [0.717, 1.165) is 24.4 Å². The summed E-state index contributed by atoms with van der Waals surface area (Å²) in [6, 6.07) is 6.58. The predicted octanol–water partition coefficient (Wildman–Crippen LogP) is 2.59. The van der Waals surface area contributed by atoms with E-state index in [0.29, 0.717) is 18.0 Å². The summed E-state index contributed by atoms with van der Waals surface area (Å²) in [7, 11) is 2.13. The minimum atomic E-state index is 0.304. The zero-order valence-electron chi connectivity index (χ0n) is 12.4. The van der Waals surface area contributed by atoms with Gasteiger partial charge in [-0.05, 0) is 37.9 Å². The average Bonchev–Trinajstić information content (AvgIpc) is 2.24. The average molecular weight is 249 g/mol. The molecule has 0 bridgehead atoms. The zero-order chi connectivity index (χ0) is 13.8. The smallest absolute Gasteiger partial charge is 0.0547 e. The Bertz CT molecular complexity index is 368. The molecule has 0 aliphatic rings. The highest BCUT2D eigenvalue weighted by Crippen LogP contribution is 2.23. The van der Waals surface area contributed by atoms with E-state index in [1.165, 1.54) is 0 Å². The van der Waals surface area contributed by atoms with Gasteiger partial charge in [-0.2, -0.15) is 0 Å². The molecule has 1 heterocycles. The summed E-state index contributed by atoms with van der Waals surface area (Å²) < 4.78 is 0. The van der Waals surface area contributed by atoms with E-state index in [4.69, 9.17) is 5.73 Å². The minimum absolute atomic E-state index is 0.304. The third kappa shape index (κ3) is 5.15. The van der Waals surface area contributed by atoms with E-state index < -0.39 is 0 Å². The first-order valence-corrected chi connectivity index (χ1v) is 6.64. The lowest BCUT2D eigenvalue weighted by molar-refractivity contribution is 0.176. The van der Waals surface area contributed by atoms with Crippen molar-refractivity contribution in [1.82, 2.24) is 9.88 Å². The van der Waals surface area contributed by atoms with Crippen molar-refractivity contribution in [2.75, 3.05) is 13.6 Å². The molecule has 0 amide bonds. The fraction of sp³-hybridized carbons (Fsp3) is 0.667. The lowest BCUT2D eigenvalue weighted by atomic mass is 9.87. The molecule has 0 radical (unpaired) electrons. The van der Waals surface area contributed by atoms with Crippen LogP contribution in [0.1, 0.15) is 38.6 Å². The summed E-state index contributed by atoms with van der Waals surface area (Å²) in [5, 5.41) is 0. The second-order valence-electron chi connectivity index (χ2n) is 6.34. The Morgan fingerprint density at radius 1 is 1.33 bits per heavy atom. The number of pyridine rings is 1. The van der Waals surface area contributed by atoms with Gasteiger partial charge in [0.1, 0.15) is 0 Å². The molecule has 0 aromatic carbocycles. The quantitative estimate of drug-likeness (QED) is 0.872. The molecular weight excluding hydrogens is 222 g/mol. The van der Waals surface area contributed by atoms with Crippen LogP contribution < -0.4 is 5.73 Å². The molecule has 102 valence electrons. The third-order valence-corrected chi connectivity index (χ3v) is 3.10. The monoisotopic (exact) mass is 249 g/mol. The fourth-order valence-electron chi connectivity index (χ4n) is 2.20. The third-order valence-electron chi connectivity index (χ3n) is 3.10. The SMILES string of the molecule is Cc1cccc(CN(C)C(CN)CC(C)(C)C)n1. The number of hydrogen-bond acceptors (Lipinski definition) is 3. The van der Waals surface area contributed by atoms with Gasteiger partial charge in [0.05, 0.1) is 5.69 Å². The highest BCUT2D eigenvalue weighted by atomic mass is 15.1. The number of nitrogens with zero attached hydrogens (tertiary/aromatic N) is 2. The summed E-state index contributed by atoms with van der Waals surface area (Å²) in [5.41, 5.74) is 8.39. The second-order valence-corrected chi connectivity index (χ2v) is 6.34. The van der Waals surface area contributed by atoms with Crippen LogP contribution in [0.3, 0.4) is 0 Å². The van der Waals surface area contributed by atoms with Gasteiger partial charge in [0, 0.05) is 24.8 Å². The summed E-state index contributed by atoms with van der Waals surface area (Å²) >= 11 is 0. The maximum atomic E-state index is 5.90. The minimum Gasteiger partial charge on any atom is -0.329 e. The van der Waals surface area contributed by atoms with Crippen LogP contribution in [0.25, 0.3) is 0 Å². The Kier molecular flexibility index (Phi) is 5.29. The molecule has 0 spiro atoms. The van der Waals surface area contributed by atoms with E-state index in [-0.39, 0.29) is 0 Å². The van der Waals surface area contributed by atoms with E-state index in [9.17, 15) is 0 Å². The Balaban J connectivity index is 2.65. The molecule has 1 rings (SSSR count).